The van der Waals surface area contributed by atoms with Gasteiger partial charge in [0.2, 0.25) is 5.91 Å². The number of likely N-dealkylation sites (N-methyl/N-ethyl adjacent to an activating group) is 1. The number of carbonyl (C=O) groups excluding carboxylic acids is 1. The Labute approximate surface area is 99.3 Å². The molecule has 1 aliphatic rings. The number of carboxylic acids is 1. The second-order valence-electron chi connectivity index (χ2n) is 4.09. The van der Waals surface area contributed by atoms with E-state index in [2.05, 4.69) is 0 Å². The van der Waals surface area contributed by atoms with Crippen LogP contribution in [0.3, 0.4) is 0 Å². The Morgan fingerprint density at radius 2 is 2.00 bits per heavy atom. The van der Waals surface area contributed by atoms with Crippen molar-refractivity contribution in [1.29, 1.82) is 0 Å². The highest BCUT2D eigenvalue weighted by atomic mass is 16.4. The van der Waals surface area contributed by atoms with Gasteiger partial charge in [0.15, 0.2) is 0 Å². The second kappa shape index (κ2) is 4.45. The van der Waals surface area contributed by atoms with Gasteiger partial charge in [0.1, 0.15) is 6.04 Å². The van der Waals surface area contributed by atoms with E-state index in [1.807, 2.05) is 30.3 Å². The van der Waals surface area contributed by atoms with E-state index in [1.54, 1.807) is 11.9 Å². The van der Waals surface area contributed by atoms with E-state index >= 15 is 0 Å². The van der Waals surface area contributed by atoms with E-state index in [4.69, 9.17) is 0 Å². The summed E-state index contributed by atoms with van der Waals surface area (Å²) in [5.74, 6) is -0.973. The number of anilines is 1. The summed E-state index contributed by atoms with van der Waals surface area (Å²) in [5, 5.41) is 9.19. The Balaban J connectivity index is 2.30. The van der Waals surface area contributed by atoms with E-state index in [0.717, 1.165) is 5.69 Å². The van der Waals surface area contributed by atoms with Crippen molar-refractivity contribution in [2.75, 3.05) is 25.0 Å². The fourth-order valence-electron chi connectivity index (χ4n) is 1.94. The number of carboxylic acid groups (broad SMARTS) is 1. The highest BCUT2D eigenvalue weighted by molar-refractivity contribution is 5.89. The first kappa shape index (κ1) is 11.4. The molecule has 1 atom stereocenters. The van der Waals surface area contributed by atoms with Gasteiger partial charge in [0, 0.05) is 12.7 Å². The summed E-state index contributed by atoms with van der Waals surface area (Å²) in [4.78, 5) is 25.9. The first-order valence-corrected chi connectivity index (χ1v) is 5.38. The van der Waals surface area contributed by atoms with E-state index in [0.29, 0.717) is 0 Å². The molecule has 0 saturated carbocycles. The monoisotopic (exact) mass is 234 g/mol. The summed E-state index contributed by atoms with van der Waals surface area (Å²) >= 11 is 0. The minimum Gasteiger partial charge on any atom is -0.480 e. The number of hydrogen-bond acceptors (Lipinski definition) is 3. The molecule has 0 bridgehead atoms. The summed E-state index contributed by atoms with van der Waals surface area (Å²) < 4.78 is 0. The zero-order valence-electron chi connectivity index (χ0n) is 9.54. The molecule has 1 N–H and O–H groups in total. The van der Waals surface area contributed by atoms with Gasteiger partial charge in [-0.15, -0.1) is 0 Å². The number of para-hydroxylation sites is 1. The van der Waals surface area contributed by atoms with Gasteiger partial charge < -0.3 is 14.9 Å². The lowest BCUT2D eigenvalue weighted by molar-refractivity contribution is -0.141. The molecule has 1 saturated heterocycles. The Hall–Kier alpha value is -2.04. The third kappa shape index (κ3) is 2.22. The Kier molecular flexibility index (Phi) is 2.99. The molecule has 0 aliphatic carbocycles. The number of nitrogens with zero attached hydrogens (tertiary/aromatic N) is 2. The molecule has 5 nitrogen and oxygen atoms in total. The average Bonchev–Trinajstić information content (AvgIpc) is 2.33. The van der Waals surface area contributed by atoms with Gasteiger partial charge in [-0.3, -0.25) is 4.79 Å². The molecule has 1 aromatic rings. The summed E-state index contributed by atoms with van der Waals surface area (Å²) in [6, 6.07) is 8.47. The normalized spacial score (nSPS) is 20.5. The smallest absolute Gasteiger partial charge is 0.328 e. The number of aliphatic carboxylic acids is 1. The highest BCUT2D eigenvalue weighted by Gasteiger charge is 2.34. The minimum absolute atomic E-state index is 0.0636. The highest BCUT2D eigenvalue weighted by Crippen LogP contribution is 2.20. The molecular formula is C12H14N2O3. The molecule has 0 aromatic heterocycles. The van der Waals surface area contributed by atoms with Crippen molar-refractivity contribution in [3.8, 4) is 0 Å². The van der Waals surface area contributed by atoms with Gasteiger partial charge in [-0.25, -0.2) is 4.79 Å². The zero-order valence-corrected chi connectivity index (χ0v) is 9.54. The van der Waals surface area contributed by atoms with E-state index in [9.17, 15) is 14.7 Å². The van der Waals surface area contributed by atoms with Crippen molar-refractivity contribution in [1.82, 2.24) is 4.90 Å². The van der Waals surface area contributed by atoms with E-state index in [-0.39, 0.29) is 19.0 Å². The largest absolute Gasteiger partial charge is 0.480 e. The quantitative estimate of drug-likeness (QED) is 0.805. The number of rotatable bonds is 2. The molecule has 1 aliphatic heterocycles. The van der Waals surface area contributed by atoms with Crippen LogP contribution < -0.4 is 4.90 Å². The fraction of sp³-hybridized carbons (Fsp3) is 0.333. The molecule has 0 radical (unpaired) electrons. The minimum atomic E-state index is -0.909. The predicted octanol–water partition coefficient (Wildman–Crippen LogP) is 0.418. The Morgan fingerprint density at radius 1 is 1.35 bits per heavy atom. The van der Waals surface area contributed by atoms with Crippen LogP contribution in [0.4, 0.5) is 5.69 Å². The molecule has 1 fully saturated rings. The predicted molar refractivity (Wildman–Crippen MR) is 62.8 cm³/mol. The average molecular weight is 234 g/mol. The van der Waals surface area contributed by atoms with Gasteiger partial charge in [0.25, 0.3) is 0 Å². The molecular weight excluding hydrogens is 220 g/mol. The Morgan fingerprint density at radius 3 is 2.59 bits per heavy atom. The van der Waals surface area contributed by atoms with Crippen LogP contribution in [0.25, 0.3) is 0 Å². The van der Waals surface area contributed by atoms with Crippen LogP contribution in [0.15, 0.2) is 30.3 Å². The maximum atomic E-state index is 11.6. The maximum Gasteiger partial charge on any atom is 0.328 e. The summed E-state index contributed by atoms with van der Waals surface area (Å²) in [7, 11) is 1.63. The van der Waals surface area contributed by atoms with Gasteiger partial charge >= 0.3 is 5.97 Å². The summed E-state index contributed by atoms with van der Waals surface area (Å²) in [5.41, 5.74) is 0.765. The number of carbonyl (C=O) groups is 2. The Bertz CT molecular complexity index is 433. The van der Waals surface area contributed by atoms with Crippen LogP contribution in [-0.4, -0.2) is 48.1 Å². The lowest BCUT2D eigenvalue weighted by Gasteiger charge is -2.38. The van der Waals surface area contributed by atoms with Crippen LogP contribution in [0.5, 0.6) is 0 Å². The number of hydrogen-bond donors (Lipinski definition) is 1. The fourth-order valence-corrected chi connectivity index (χ4v) is 1.94. The molecule has 1 amide bonds. The van der Waals surface area contributed by atoms with Crippen LogP contribution in [0, 0.1) is 0 Å². The van der Waals surface area contributed by atoms with Gasteiger partial charge in [-0.2, -0.15) is 0 Å². The van der Waals surface area contributed by atoms with Crippen molar-refractivity contribution >= 4 is 17.6 Å². The number of benzene rings is 1. The molecule has 17 heavy (non-hydrogen) atoms. The van der Waals surface area contributed by atoms with Crippen molar-refractivity contribution < 1.29 is 14.7 Å². The molecule has 2 rings (SSSR count). The van der Waals surface area contributed by atoms with Crippen molar-refractivity contribution in [3.63, 3.8) is 0 Å². The second-order valence-corrected chi connectivity index (χ2v) is 4.09. The molecule has 90 valence electrons. The molecule has 1 aromatic carbocycles. The summed E-state index contributed by atoms with van der Waals surface area (Å²) in [6.45, 7) is 0.320. The van der Waals surface area contributed by atoms with Crippen molar-refractivity contribution in [2.24, 2.45) is 0 Å². The van der Waals surface area contributed by atoms with Gasteiger partial charge in [-0.05, 0) is 12.1 Å². The first-order chi connectivity index (χ1) is 8.09. The molecule has 5 heteroatoms. The standard InChI is InChI=1S/C12H14N2O3/c1-13-7-10(12(16)17)14(8-11(13)15)9-5-3-2-4-6-9/h2-6,10H,7-8H2,1H3,(H,16,17). The molecule has 0 spiro atoms. The zero-order chi connectivity index (χ0) is 12.4. The topological polar surface area (TPSA) is 60.9 Å². The maximum absolute atomic E-state index is 11.6. The number of amides is 1. The first-order valence-electron chi connectivity index (χ1n) is 5.38. The SMILES string of the molecule is CN1CC(C(=O)O)N(c2ccccc2)CC1=O. The van der Waals surface area contributed by atoms with Crippen LogP contribution >= 0.6 is 0 Å². The molecule has 1 heterocycles. The van der Waals surface area contributed by atoms with Crippen LogP contribution in [-0.2, 0) is 9.59 Å². The summed E-state index contributed by atoms with van der Waals surface area (Å²) in [6.07, 6.45) is 0. The van der Waals surface area contributed by atoms with Gasteiger partial charge in [0.05, 0.1) is 13.1 Å². The lowest BCUT2D eigenvalue weighted by atomic mass is 10.1. The van der Waals surface area contributed by atoms with Gasteiger partial charge in [-0.1, -0.05) is 18.2 Å². The van der Waals surface area contributed by atoms with Crippen LogP contribution in [0.2, 0.25) is 0 Å². The van der Waals surface area contributed by atoms with Crippen molar-refractivity contribution in [3.05, 3.63) is 30.3 Å². The van der Waals surface area contributed by atoms with Crippen LogP contribution in [0.1, 0.15) is 0 Å². The lowest BCUT2D eigenvalue weighted by Crippen LogP contribution is -2.58. The van der Waals surface area contributed by atoms with Crippen molar-refractivity contribution in [2.45, 2.75) is 6.04 Å². The number of piperazine rings is 1. The van der Waals surface area contributed by atoms with E-state index in [1.165, 1.54) is 4.90 Å². The third-order valence-corrected chi connectivity index (χ3v) is 2.93. The molecule has 1 unspecified atom stereocenters. The van der Waals surface area contributed by atoms with E-state index < -0.39 is 12.0 Å². The third-order valence-electron chi connectivity index (χ3n) is 2.93.